The van der Waals surface area contributed by atoms with Gasteiger partial charge in [0.25, 0.3) is 0 Å². The summed E-state index contributed by atoms with van der Waals surface area (Å²) in [6.45, 7) is 8.21. The smallest absolute Gasteiger partial charge is 0.0594 e. The molecule has 0 amide bonds. The van der Waals surface area contributed by atoms with Crippen LogP contribution in [0.2, 0.25) is 0 Å². The molecule has 12 heavy (non-hydrogen) atoms. The van der Waals surface area contributed by atoms with Crippen molar-refractivity contribution in [3.63, 3.8) is 0 Å². The molecule has 0 spiro atoms. The fourth-order valence-electron chi connectivity index (χ4n) is 1.39. The van der Waals surface area contributed by atoms with E-state index in [0.717, 1.165) is 26.2 Å². The molecule has 1 unspecified atom stereocenters. The Labute approximate surface area is 74.9 Å². The highest BCUT2D eigenvalue weighted by Crippen LogP contribution is 1.96. The van der Waals surface area contributed by atoms with Crippen molar-refractivity contribution < 1.29 is 4.74 Å². The molecule has 0 radical (unpaired) electrons. The average molecular weight is 172 g/mol. The molecule has 1 heterocycles. The molecule has 1 atom stereocenters. The Morgan fingerprint density at radius 1 is 1.58 bits per heavy atom. The van der Waals surface area contributed by atoms with Crippen LogP contribution in [-0.2, 0) is 4.74 Å². The SMILES string of the molecule is CC(C)OCCNC1CCNC1. The first-order valence-corrected chi connectivity index (χ1v) is 4.84. The standard InChI is InChI=1S/C9H20N2O/c1-8(2)12-6-5-11-9-3-4-10-7-9/h8-11H,3-7H2,1-2H3. The van der Waals surface area contributed by atoms with Gasteiger partial charge in [-0.2, -0.15) is 0 Å². The molecule has 0 aromatic rings. The number of nitrogens with one attached hydrogen (secondary N) is 2. The van der Waals surface area contributed by atoms with Gasteiger partial charge in [0.2, 0.25) is 0 Å². The highest BCUT2D eigenvalue weighted by Gasteiger charge is 2.12. The molecule has 3 heteroatoms. The van der Waals surface area contributed by atoms with Crippen molar-refractivity contribution in [1.82, 2.24) is 10.6 Å². The van der Waals surface area contributed by atoms with Crippen LogP contribution in [0.1, 0.15) is 20.3 Å². The van der Waals surface area contributed by atoms with Crippen molar-refractivity contribution in [2.75, 3.05) is 26.2 Å². The first-order valence-electron chi connectivity index (χ1n) is 4.84. The van der Waals surface area contributed by atoms with Gasteiger partial charge in [-0.05, 0) is 26.8 Å². The van der Waals surface area contributed by atoms with E-state index in [2.05, 4.69) is 24.5 Å². The number of rotatable bonds is 5. The second-order valence-corrected chi connectivity index (χ2v) is 3.56. The lowest BCUT2D eigenvalue weighted by atomic mass is 10.3. The van der Waals surface area contributed by atoms with Crippen molar-refractivity contribution in [1.29, 1.82) is 0 Å². The predicted octanol–water partition coefficient (Wildman–Crippen LogP) is 0.363. The number of hydrogen-bond acceptors (Lipinski definition) is 3. The highest BCUT2D eigenvalue weighted by atomic mass is 16.5. The van der Waals surface area contributed by atoms with E-state index < -0.39 is 0 Å². The first kappa shape index (κ1) is 9.96. The monoisotopic (exact) mass is 172 g/mol. The molecule has 0 saturated carbocycles. The number of hydrogen-bond donors (Lipinski definition) is 2. The van der Waals surface area contributed by atoms with E-state index in [9.17, 15) is 0 Å². The van der Waals surface area contributed by atoms with Gasteiger partial charge in [0.05, 0.1) is 12.7 Å². The van der Waals surface area contributed by atoms with E-state index in [1.807, 2.05) is 0 Å². The zero-order chi connectivity index (χ0) is 8.81. The van der Waals surface area contributed by atoms with Crippen LogP contribution in [0, 0.1) is 0 Å². The van der Waals surface area contributed by atoms with Crippen molar-refractivity contribution in [3.05, 3.63) is 0 Å². The summed E-state index contributed by atoms with van der Waals surface area (Å²) in [5.41, 5.74) is 0. The minimum atomic E-state index is 0.355. The summed E-state index contributed by atoms with van der Waals surface area (Å²) in [4.78, 5) is 0. The Kier molecular flexibility index (Phi) is 4.58. The summed E-state index contributed by atoms with van der Waals surface area (Å²) < 4.78 is 5.42. The Hall–Kier alpha value is -0.120. The molecular weight excluding hydrogens is 152 g/mol. The molecule has 0 aromatic heterocycles. The fraction of sp³-hybridized carbons (Fsp3) is 1.00. The first-order chi connectivity index (χ1) is 5.79. The molecule has 2 N–H and O–H groups in total. The third-order valence-electron chi connectivity index (χ3n) is 2.05. The van der Waals surface area contributed by atoms with Crippen LogP contribution in [0.25, 0.3) is 0 Å². The maximum atomic E-state index is 5.42. The van der Waals surface area contributed by atoms with Crippen LogP contribution in [0.5, 0.6) is 0 Å². The lowest BCUT2D eigenvalue weighted by Gasteiger charge is -2.12. The second-order valence-electron chi connectivity index (χ2n) is 3.56. The predicted molar refractivity (Wildman–Crippen MR) is 50.4 cm³/mol. The van der Waals surface area contributed by atoms with Crippen molar-refractivity contribution in [2.45, 2.75) is 32.4 Å². The van der Waals surface area contributed by atoms with Crippen LogP contribution in [0.3, 0.4) is 0 Å². The van der Waals surface area contributed by atoms with Crippen LogP contribution < -0.4 is 10.6 Å². The fourth-order valence-corrected chi connectivity index (χ4v) is 1.39. The Morgan fingerprint density at radius 3 is 3.00 bits per heavy atom. The van der Waals surface area contributed by atoms with Crippen LogP contribution >= 0.6 is 0 Å². The minimum absolute atomic E-state index is 0.355. The third-order valence-corrected chi connectivity index (χ3v) is 2.05. The van der Waals surface area contributed by atoms with E-state index in [-0.39, 0.29) is 0 Å². The highest BCUT2D eigenvalue weighted by molar-refractivity contribution is 4.76. The largest absolute Gasteiger partial charge is 0.377 e. The van der Waals surface area contributed by atoms with Gasteiger partial charge < -0.3 is 15.4 Å². The van der Waals surface area contributed by atoms with Gasteiger partial charge in [0.15, 0.2) is 0 Å². The topological polar surface area (TPSA) is 33.3 Å². The molecule has 3 nitrogen and oxygen atoms in total. The summed E-state index contributed by atoms with van der Waals surface area (Å²) >= 11 is 0. The van der Waals surface area contributed by atoms with Gasteiger partial charge in [-0.15, -0.1) is 0 Å². The summed E-state index contributed by atoms with van der Waals surface area (Å²) in [5, 5.41) is 6.77. The van der Waals surface area contributed by atoms with Gasteiger partial charge in [-0.3, -0.25) is 0 Å². The van der Waals surface area contributed by atoms with E-state index in [1.165, 1.54) is 6.42 Å². The maximum absolute atomic E-state index is 5.42. The van der Waals surface area contributed by atoms with E-state index in [1.54, 1.807) is 0 Å². The van der Waals surface area contributed by atoms with E-state index in [4.69, 9.17) is 4.74 Å². The lowest BCUT2D eigenvalue weighted by Crippen LogP contribution is -2.33. The Morgan fingerprint density at radius 2 is 2.42 bits per heavy atom. The molecule has 1 aliphatic rings. The van der Waals surface area contributed by atoms with Gasteiger partial charge in [-0.25, -0.2) is 0 Å². The molecule has 1 aliphatic heterocycles. The molecule has 1 fully saturated rings. The molecule has 0 aliphatic carbocycles. The zero-order valence-corrected chi connectivity index (χ0v) is 8.10. The summed E-state index contributed by atoms with van der Waals surface area (Å²) in [7, 11) is 0. The van der Waals surface area contributed by atoms with Gasteiger partial charge in [0, 0.05) is 19.1 Å². The quantitative estimate of drug-likeness (QED) is 0.588. The third kappa shape index (κ3) is 4.04. The van der Waals surface area contributed by atoms with Crippen molar-refractivity contribution in [3.8, 4) is 0 Å². The van der Waals surface area contributed by atoms with E-state index >= 15 is 0 Å². The van der Waals surface area contributed by atoms with Gasteiger partial charge in [-0.1, -0.05) is 0 Å². The number of ether oxygens (including phenoxy) is 1. The summed E-state index contributed by atoms with van der Waals surface area (Å²) in [6, 6.07) is 0.667. The molecular formula is C9H20N2O. The van der Waals surface area contributed by atoms with Crippen molar-refractivity contribution >= 4 is 0 Å². The van der Waals surface area contributed by atoms with Crippen LogP contribution in [-0.4, -0.2) is 38.4 Å². The zero-order valence-electron chi connectivity index (χ0n) is 8.10. The normalized spacial score (nSPS) is 23.8. The van der Waals surface area contributed by atoms with Gasteiger partial charge >= 0.3 is 0 Å². The average Bonchev–Trinajstić information content (AvgIpc) is 2.49. The van der Waals surface area contributed by atoms with Crippen LogP contribution in [0.4, 0.5) is 0 Å². The van der Waals surface area contributed by atoms with Gasteiger partial charge in [0.1, 0.15) is 0 Å². The molecule has 1 saturated heterocycles. The summed E-state index contributed by atoms with van der Waals surface area (Å²) in [6.07, 6.45) is 1.61. The second kappa shape index (κ2) is 5.51. The molecule has 72 valence electrons. The van der Waals surface area contributed by atoms with Crippen LogP contribution in [0.15, 0.2) is 0 Å². The molecule has 0 bridgehead atoms. The minimum Gasteiger partial charge on any atom is -0.377 e. The maximum Gasteiger partial charge on any atom is 0.0594 e. The lowest BCUT2D eigenvalue weighted by molar-refractivity contribution is 0.0796. The Bertz CT molecular complexity index is 111. The van der Waals surface area contributed by atoms with E-state index in [0.29, 0.717) is 12.1 Å². The Balaban J connectivity index is 1.88. The molecule has 0 aromatic carbocycles. The summed E-state index contributed by atoms with van der Waals surface area (Å²) in [5.74, 6) is 0. The van der Waals surface area contributed by atoms with Crippen molar-refractivity contribution in [2.24, 2.45) is 0 Å². The molecule has 1 rings (SSSR count).